The van der Waals surface area contributed by atoms with Crippen LogP contribution in [0.15, 0.2) is 10.9 Å². The third kappa shape index (κ3) is 2.22. The molecule has 2 N–H and O–H groups in total. The summed E-state index contributed by atoms with van der Waals surface area (Å²) in [5.41, 5.74) is 0.376. The molecule has 1 saturated carbocycles. The van der Waals surface area contributed by atoms with Gasteiger partial charge in [-0.15, -0.1) is 0 Å². The van der Waals surface area contributed by atoms with Crippen molar-refractivity contribution in [2.24, 2.45) is 5.92 Å². The van der Waals surface area contributed by atoms with Crippen molar-refractivity contribution in [3.05, 3.63) is 22.4 Å². The number of nitrogens with one attached hydrogen (secondary N) is 2. The number of aryl methyl sites for hydroxylation is 1. The normalized spacial score (nSPS) is 23.7. The van der Waals surface area contributed by atoms with Gasteiger partial charge in [0.2, 0.25) is 0 Å². The van der Waals surface area contributed by atoms with Crippen LogP contribution >= 0.6 is 0 Å². The second kappa shape index (κ2) is 4.68. The smallest absolute Gasteiger partial charge is 0.349 e. The van der Waals surface area contributed by atoms with Crippen LogP contribution in [0.1, 0.15) is 38.4 Å². The first-order valence-corrected chi connectivity index (χ1v) is 6.86. The molecule has 1 fully saturated rings. The van der Waals surface area contributed by atoms with Crippen LogP contribution in [0.4, 0.5) is 5.82 Å². The molecule has 2 heterocycles. The monoisotopic (exact) mass is 261 g/mol. The zero-order valence-corrected chi connectivity index (χ0v) is 11.3. The predicted octanol–water partition coefficient (Wildman–Crippen LogP) is 1.72. The van der Waals surface area contributed by atoms with Gasteiger partial charge >= 0.3 is 5.69 Å². The average molecular weight is 261 g/mol. The van der Waals surface area contributed by atoms with Crippen LogP contribution in [-0.2, 0) is 0 Å². The molecule has 0 aliphatic heterocycles. The molecule has 2 atom stereocenters. The molecule has 0 spiro atoms. The number of fused-ring (bicyclic) bond motifs is 1. The number of H-pyrrole nitrogens is 1. The zero-order valence-electron chi connectivity index (χ0n) is 11.3. The molecule has 0 bridgehead atoms. The van der Waals surface area contributed by atoms with Crippen molar-refractivity contribution >= 4 is 11.5 Å². The fourth-order valence-electron chi connectivity index (χ4n) is 2.89. The molecule has 0 saturated heterocycles. The summed E-state index contributed by atoms with van der Waals surface area (Å²) in [5.74, 6) is 2.12. The van der Waals surface area contributed by atoms with Crippen molar-refractivity contribution in [2.45, 2.75) is 45.6 Å². The molecular formula is C13H19N5O. The summed E-state index contributed by atoms with van der Waals surface area (Å²) in [7, 11) is 0. The first-order valence-electron chi connectivity index (χ1n) is 6.86. The van der Waals surface area contributed by atoms with Gasteiger partial charge in [-0.1, -0.05) is 19.8 Å². The molecule has 0 amide bonds. The summed E-state index contributed by atoms with van der Waals surface area (Å²) < 4.78 is 1.48. The standard InChI is InChI=1S/C13H19N5O/c1-8-5-3-4-6-10(8)15-11-7-12-16-17-13(19)18(12)9(2)14-11/h7-8,10,15H,3-6H2,1-2H3,(H,17,19). The van der Waals surface area contributed by atoms with E-state index in [1.54, 1.807) is 0 Å². The Bertz CT molecular complexity index is 644. The second-order valence-corrected chi connectivity index (χ2v) is 5.42. The number of nitrogens with zero attached hydrogens (tertiary/aromatic N) is 3. The van der Waals surface area contributed by atoms with Crippen LogP contribution in [0.2, 0.25) is 0 Å². The van der Waals surface area contributed by atoms with Crippen LogP contribution in [0.25, 0.3) is 5.65 Å². The van der Waals surface area contributed by atoms with Crippen molar-refractivity contribution < 1.29 is 0 Å². The Labute approximate surface area is 111 Å². The van der Waals surface area contributed by atoms with E-state index >= 15 is 0 Å². The van der Waals surface area contributed by atoms with Gasteiger partial charge in [0.25, 0.3) is 0 Å². The molecule has 6 heteroatoms. The number of anilines is 1. The minimum absolute atomic E-state index is 0.238. The summed E-state index contributed by atoms with van der Waals surface area (Å²) in [5, 5.41) is 9.94. The quantitative estimate of drug-likeness (QED) is 0.863. The van der Waals surface area contributed by atoms with E-state index in [1.165, 1.54) is 30.1 Å². The van der Waals surface area contributed by atoms with Gasteiger partial charge < -0.3 is 5.32 Å². The van der Waals surface area contributed by atoms with Crippen LogP contribution < -0.4 is 11.0 Å². The van der Waals surface area contributed by atoms with Crippen molar-refractivity contribution in [2.75, 3.05) is 5.32 Å². The maximum absolute atomic E-state index is 11.5. The van der Waals surface area contributed by atoms with Gasteiger partial charge in [-0.05, 0) is 25.7 Å². The molecule has 1 aliphatic rings. The van der Waals surface area contributed by atoms with Crippen molar-refractivity contribution in [1.29, 1.82) is 0 Å². The van der Waals surface area contributed by atoms with E-state index in [2.05, 4.69) is 27.4 Å². The highest BCUT2D eigenvalue weighted by molar-refractivity contribution is 5.50. The Morgan fingerprint density at radius 1 is 1.42 bits per heavy atom. The SMILES string of the molecule is Cc1nc(NC2CCCCC2C)cc2n[nH]c(=O)n12. The van der Waals surface area contributed by atoms with Crippen molar-refractivity contribution in [3.63, 3.8) is 0 Å². The van der Waals surface area contributed by atoms with Gasteiger partial charge in [0.05, 0.1) is 0 Å². The highest BCUT2D eigenvalue weighted by Crippen LogP contribution is 2.26. The molecule has 0 radical (unpaired) electrons. The molecule has 6 nitrogen and oxygen atoms in total. The number of aromatic nitrogens is 4. The highest BCUT2D eigenvalue weighted by Gasteiger charge is 2.21. The summed E-state index contributed by atoms with van der Waals surface area (Å²) in [6.07, 6.45) is 5.03. The number of hydrogen-bond donors (Lipinski definition) is 2. The molecule has 1 aliphatic carbocycles. The topological polar surface area (TPSA) is 75.1 Å². The van der Waals surface area contributed by atoms with E-state index in [0.29, 0.717) is 23.4 Å². The van der Waals surface area contributed by atoms with E-state index in [-0.39, 0.29) is 5.69 Å². The maximum atomic E-state index is 11.5. The first-order chi connectivity index (χ1) is 9.15. The number of rotatable bonds is 2. The lowest BCUT2D eigenvalue weighted by molar-refractivity contribution is 0.349. The lowest BCUT2D eigenvalue weighted by Crippen LogP contribution is -2.31. The van der Waals surface area contributed by atoms with Gasteiger partial charge in [0.15, 0.2) is 5.65 Å². The van der Waals surface area contributed by atoms with Crippen LogP contribution in [0, 0.1) is 12.8 Å². The first kappa shape index (κ1) is 12.2. The molecule has 2 aromatic rings. The van der Waals surface area contributed by atoms with E-state index < -0.39 is 0 Å². The van der Waals surface area contributed by atoms with Crippen LogP contribution in [0.3, 0.4) is 0 Å². The van der Waals surface area contributed by atoms with Crippen molar-refractivity contribution in [3.8, 4) is 0 Å². The van der Waals surface area contributed by atoms with Crippen molar-refractivity contribution in [1.82, 2.24) is 19.6 Å². The third-order valence-corrected chi connectivity index (χ3v) is 4.01. The molecule has 2 unspecified atom stereocenters. The highest BCUT2D eigenvalue weighted by atomic mass is 16.1. The Balaban J connectivity index is 1.91. The van der Waals surface area contributed by atoms with E-state index in [1.807, 2.05) is 13.0 Å². The molecule has 0 aromatic carbocycles. The summed E-state index contributed by atoms with van der Waals surface area (Å²) in [4.78, 5) is 16.0. The molecule has 19 heavy (non-hydrogen) atoms. The number of aromatic amines is 1. The van der Waals surface area contributed by atoms with Gasteiger partial charge in [-0.2, -0.15) is 5.10 Å². The largest absolute Gasteiger partial charge is 0.367 e. The Hall–Kier alpha value is -1.85. The minimum Gasteiger partial charge on any atom is -0.367 e. The van der Waals surface area contributed by atoms with Crippen LogP contribution in [-0.4, -0.2) is 25.6 Å². The second-order valence-electron chi connectivity index (χ2n) is 5.42. The van der Waals surface area contributed by atoms with E-state index in [4.69, 9.17) is 0 Å². The Morgan fingerprint density at radius 3 is 3.00 bits per heavy atom. The minimum atomic E-state index is -0.238. The van der Waals surface area contributed by atoms with Gasteiger partial charge in [0.1, 0.15) is 11.6 Å². The Kier molecular flexibility index (Phi) is 3.00. The predicted molar refractivity (Wildman–Crippen MR) is 73.4 cm³/mol. The van der Waals surface area contributed by atoms with Gasteiger partial charge in [-0.3, -0.25) is 0 Å². The van der Waals surface area contributed by atoms with Crippen LogP contribution in [0.5, 0.6) is 0 Å². The molecular weight excluding hydrogens is 242 g/mol. The van der Waals surface area contributed by atoms with E-state index in [9.17, 15) is 4.79 Å². The maximum Gasteiger partial charge on any atom is 0.349 e. The fourth-order valence-corrected chi connectivity index (χ4v) is 2.89. The lowest BCUT2D eigenvalue weighted by atomic mass is 9.86. The molecule has 3 rings (SSSR count). The summed E-state index contributed by atoms with van der Waals surface area (Å²) >= 11 is 0. The average Bonchev–Trinajstić information content (AvgIpc) is 2.74. The fraction of sp³-hybridized carbons (Fsp3) is 0.615. The molecule has 2 aromatic heterocycles. The zero-order chi connectivity index (χ0) is 13.4. The summed E-state index contributed by atoms with van der Waals surface area (Å²) in [6, 6.07) is 2.29. The van der Waals surface area contributed by atoms with Gasteiger partial charge in [0, 0.05) is 12.1 Å². The Morgan fingerprint density at radius 2 is 2.21 bits per heavy atom. The number of hydrogen-bond acceptors (Lipinski definition) is 4. The summed E-state index contributed by atoms with van der Waals surface area (Å²) in [6.45, 7) is 4.10. The van der Waals surface area contributed by atoms with Gasteiger partial charge in [-0.25, -0.2) is 19.3 Å². The van der Waals surface area contributed by atoms with E-state index in [0.717, 1.165) is 5.82 Å². The lowest BCUT2D eigenvalue weighted by Gasteiger charge is -2.29. The third-order valence-electron chi connectivity index (χ3n) is 4.01. The molecule has 102 valence electrons.